The summed E-state index contributed by atoms with van der Waals surface area (Å²) in [6.45, 7) is 2.85. The first kappa shape index (κ1) is 13.1. The van der Waals surface area contributed by atoms with Crippen LogP contribution >= 0.6 is 0 Å². The van der Waals surface area contributed by atoms with Crippen LogP contribution in [0, 0.1) is 5.92 Å². The average Bonchev–Trinajstić information content (AvgIpc) is 3.00. The molecule has 4 nitrogen and oxygen atoms in total. The van der Waals surface area contributed by atoms with Crippen molar-refractivity contribution in [2.24, 2.45) is 11.7 Å². The van der Waals surface area contributed by atoms with Gasteiger partial charge in [0.05, 0.1) is 13.2 Å². The van der Waals surface area contributed by atoms with E-state index in [1.807, 2.05) is 30.3 Å². The first-order valence-electron chi connectivity index (χ1n) is 6.26. The maximum absolute atomic E-state index is 11.2. The van der Waals surface area contributed by atoms with Gasteiger partial charge in [0, 0.05) is 18.8 Å². The molecule has 1 aliphatic rings. The molecule has 0 radical (unpaired) electrons. The van der Waals surface area contributed by atoms with Crippen LogP contribution in [0.1, 0.15) is 25.3 Å². The van der Waals surface area contributed by atoms with Crippen molar-refractivity contribution in [2.45, 2.75) is 32.1 Å². The van der Waals surface area contributed by atoms with E-state index in [1.54, 1.807) is 6.92 Å². The highest BCUT2D eigenvalue weighted by Gasteiger charge is 2.55. The lowest BCUT2D eigenvalue weighted by atomic mass is 10.2. The minimum Gasteiger partial charge on any atom is -0.444 e. The summed E-state index contributed by atoms with van der Waals surface area (Å²) < 4.78 is 10.8. The van der Waals surface area contributed by atoms with Crippen molar-refractivity contribution in [1.82, 2.24) is 0 Å². The molecular formula is C14H19NO3. The summed E-state index contributed by atoms with van der Waals surface area (Å²) in [5, 5.41) is 0. The number of nitrogens with two attached hydrogens (primary N) is 1. The van der Waals surface area contributed by atoms with Gasteiger partial charge in [0.25, 0.3) is 0 Å². The zero-order valence-corrected chi connectivity index (χ0v) is 10.6. The Kier molecular flexibility index (Phi) is 3.99. The molecule has 0 bridgehead atoms. The minimum absolute atomic E-state index is 0.122. The molecule has 2 unspecified atom stereocenters. The van der Waals surface area contributed by atoms with Gasteiger partial charge in [0.15, 0.2) is 5.72 Å². The van der Waals surface area contributed by atoms with E-state index >= 15 is 0 Å². The van der Waals surface area contributed by atoms with Crippen LogP contribution in [0.15, 0.2) is 30.3 Å². The van der Waals surface area contributed by atoms with E-state index in [0.717, 1.165) is 5.56 Å². The number of ether oxygens (including phenoxy) is 2. The summed E-state index contributed by atoms with van der Waals surface area (Å²) in [6.07, 6.45) is 1.05. The predicted octanol–water partition coefficient (Wildman–Crippen LogP) is 1.83. The van der Waals surface area contributed by atoms with Crippen molar-refractivity contribution in [1.29, 1.82) is 0 Å². The lowest BCUT2D eigenvalue weighted by Gasteiger charge is -2.12. The van der Waals surface area contributed by atoms with Gasteiger partial charge in [0.1, 0.15) is 0 Å². The standard InChI is InChI=1S/C14H19NO3/c1-2-13(16)18-14(15)8-12(14)10-17-9-11-6-4-3-5-7-11/h3-7,12H,2,8-10,15H2,1H3. The van der Waals surface area contributed by atoms with Crippen molar-refractivity contribution < 1.29 is 14.3 Å². The van der Waals surface area contributed by atoms with Gasteiger partial charge in [-0.3, -0.25) is 10.5 Å². The van der Waals surface area contributed by atoms with Gasteiger partial charge in [-0.25, -0.2) is 0 Å². The van der Waals surface area contributed by atoms with Gasteiger partial charge in [0.2, 0.25) is 0 Å². The van der Waals surface area contributed by atoms with Crippen LogP contribution in [-0.4, -0.2) is 18.3 Å². The number of hydrogen-bond donors (Lipinski definition) is 1. The molecular weight excluding hydrogens is 230 g/mol. The molecule has 1 aromatic carbocycles. The second kappa shape index (κ2) is 5.50. The molecule has 1 aromatic rings. The zero-order chi connectivity index (χ0) is 13.0. The Morgan fingerprint density at radius 3 is 2.83 bits per heavy atom. The highest BCUT2D eigenvalue weighted by molar-refractivity contribution is 5.69. The molecule has 1 fully saturated rings. The summed E-state index contributed by atoms with van der Waals surface area (Å²) in [5.41, 5.74) is 6.27. The third-order valence-corrected chi connectivity index (χ3v) is 3.12. The first-order valence-corrected chi connectivity index (χ1v) is 6.26. The average molecular weight is 249 g/mol. The van der Waals surface area contributed by atoms with Crippen molar-refractivity contribution in [3.63, 3.8) is 0 Å². The summed E-state index contributed by atoms with van der Waals surface area (Å²) in [6, 6.07) is 9.96. The second-order valence-corrected chi connectivity index (χ2v) is 4.68. The lowest BCUT2D eigenvalue weighted by Crippen LogP contribution is -2.32. The van der Waals surface area contributed by atoms with E-state index in [9.17, 15) is 4.79 Å². The largest absolute Gasteiger partial charge is 0.444 e. The Bertz CT molecular complexity index is 407. The third kappa shape index (κ3) is 3.31. The molecule has 2 rings (SSSR count). The maximum Gasteiger partial charge on any atom is 0.307 e. The number of carbonyl (C=O) groups excluding carboxylic acids is 1. The molecule has 1 aliphatic carbocycles. The Morgan fingerprint density at radius 2 is 2.17 bits per heavy atom. The number of esters is 1. The molecule has 0 spiro atoms. The van der Waals surface area contributed by atoms with Crippen LogP contribution in [0.3, 0.4) is 0 Å². The van der Waals surface area contributed by atoms with E-state index in [0.29, 0.717) is 26.1 Å². The molecule has 4 heteroatoms. The number of carbonyl (C=O) groups is 1. The monoisotopic (exact) mass is 249 g/mol. The molecule has 0 aliphatic heterocycles. The maximum atomic E-state index is 11.2. The predicted molar refractivity (Wildman–Crippen MR) is 67.5 cm³/mol. The number of hydrogen-bond acceptors (Lipinski definition) is 4. The van der Waals surface area contributed by atoms with E-state index in [1.165, 1.54) is 0 Å². The van der Waals surface area contributed by atoms with Crippen molar-refractivity contribution in [3.05, 3.63) is 35.9 Å². The summed E-state index contributed by atoms with van der Waals surface area (Å²) in [5.74, 6) is -0.125. The van der Waals surface area contributed by atoms with E-state index in [4.69, 9.17) is 15.2 Å². The fourth-order valence-electron chi connectivity index (χ4n) is 1.83. The normalized spacial score (nSPS) is 25.8. The van der Waals surface area contributed by atoms with Gasteiger partial charge < -0.3 is 9.47 Å². The van der Waals surface area contributed by atoms with Crippen molar-refractivity contribution >= 4 is 5.97 Å². The lowest BCUT2D eigenvalue weighted by molar-refractivity contribution is -0.151. The van der Waals surface area contributed by atoms with Crippen molar-refractivity contribution in [3.8, 4) is 0 Å². The number of benzene rings is 1. The van der Waals surface area contributed by atoms with Gasteiger partial charge in [-0.05, 0) is 5.56 Å². The third-order valence-electron chi connectivity index (χ3n) is 3.12. The second-order valence-electron chi connectivity index (χ2n) is 4.68. The Morgan fingerprint density at radius 1 is 1.44 bits per heavy atom. The van der Waals surface area contributed by atoms with Crippen LogP contribution in [0.4, 0.5) is 0 Å². The molecule has 0 amide bonds. The van der Waals surface area contributed by atoms with E-state index in [-0.39, 0.29) is 11.9 Å². The van der Waals surface area contributed by atoms with Gasteiger partial charge in [-0.1, -0.05) is 37.3 Å². The van der Waals surface area contributed by atoms with Crippen LogP contribution in [0.25, 0.3) is 0 Å². The van der Waals surface area contributed by atoms with Crippen molar-refractivity contribution in [2.75, 3.05) is 6.61 Å². The summed E-state index contributed by atoms with van der Waals surface area (Å²) >= 11 is 0. The fourth-order valence-corrected chi connectivity index (χ4v) is 1.83. The van der Waals surface area contributed by atoms with Crippen LogP contribution in [-0.2, 0) is 20.9 Å². The molecule has 0 aromatic heterocycles. The molecule has 2 N–H and O–H groups in total. The fraction of sp³-hybridized carbons (Fsp3) is 0.500. The zero-order valence-electron chi connectivity index (χ0n) is 10.6. The van der Waals surface area contributed by atoms with Gasteiger partial charge in [-0.15, -0.1) is 0 Å². The van der Waals surface area contributed by atoms with E-state index < -0.39 is 5.72 Å². The minimum atomic E-state index is -0.788. The smallest absolute Gasteiger partial charge is 0.307 e. The highest BCUT2D eigenvalue weighted by Crippen LogP contribution is 2.42. The van der Waals surface area contributed by atoms with Gasteiger partial charge >= 0.3 is 5.97 Å². The molecule has 0 saturated heterocycles. The van der Waals surface area contributed by atoms with Gasteiger partial charge in [-0.2, -0.15) is 0 Å². The Hall–Kier alpha value is -1.39. The van der Waals surface area contributed by atoms with Crippen LogP contribution in [0.2, 0.25) is 0 Å². The molecule has 1 saturated carbocycles. The first-order chi connectivity index (χ1) is 8.64. The number of rotatable bonds is 6. The molecule has 98 valence electrons. The molecule has 18 heavy (non-hydrogen) atoms. The van der Waals surface area contributed by atoms with Crippen LogP contribution in [0.5, 0.6) is 0 Å². The highest BCUT2D eigenvalue weighted by atomic mass is 16.6. The van der Waals surface area contributed by atoms with E-state index in [2.05, 4.69) is 0 Å². The SMILES string of the molecule is CCC(=O)OC1(N)CC1COCc1ccccc1. The summed E-state index contributed by atoms with van der Waals surface area (Å²) in [7, 11) is 0. The molecule has 2 atom stereocenters. The molecule has 0 heterocycles. The Balaban J connectivity index is 1.69. The Labute approximate surface area is 107 Å². The quantitative estimate of drug-likeness (QED) is 0.617. The topological polar surface area (TPSA) is 61.5 Å². The van der Waals surface area contributed by atoms with Crippen LogP contribution < -0.4 is 5.73 Å². The summed E-state index contributed by atoms with van der Waals surface area (Å²) in [4.78, 5) is 11.2.